The second-order valence-corrected chi connectivity index (χ2v) is 6.93. The molecule has 100 valence electrons. The van der Waals surface area contributed by atoms with Gasteiger partial charge in [-0.1, -0.05) is 17.7 Å². The molecule has 4 nitrogen and oxygen atoms in total. The fraction of sp³-hybridized carbons (Fsp3) is 0.538. The van der Waals surface area contributed by atoms with Crippen LogP contribution in [-0.2, 0) is 10.0 Å². The summed E-state index contributed by atoms with van der Waals surface area (Å²) in [6.45, 7) is 2.96. The summed E-state index contributed by atoms with van der Waals surface area (Å²) in [5.74, 6) is 0. The Morgan fingerprint density at radius 2 is 1.89 bits per heavy atom. The zero-order chi connectivity index (χ0) is 13.2. The molecule has 0 amide bonds. The van der Waals surface area contributed by atoms with Crippen LogP contribution < -0.4 is 10.0 Å². The first-order valence-electron chi connectivity index (χ1n) is 6.34. The Hall–Kier alpha value is -1.07. The van der Waals surface area contributed by atoms with Crippen molar-refractivity contribution in [2.24, 2.45) is 5.73 Å². The molecule has 5 heteroatoms. The number of hydrogen-bond donors (Lipinski definition) is 1. The third-order valence-corrected chi connectivity index (χ3v) is 5.46. The third-order valence-electron chi connectivity index (χ3n) is 3.14. The normalized spacial score (nSPS) is 15.7. The van der Waals surface area contributed by atoms with Crippen molar-refractivity contribution in [3.05, 3.63) is 29.8 Å². The fourth-order valence-corrected chi connectivity index (χ4v) is 3.79. The molecule has 0 saturated heterocycles. The summed E-state index contributed by atoms with van der Waals surface area (Å²) in [5, 5.41) is -0.184. The van der Waals surface area contributed by atoms with Gasteiger partial charge in [0.05, 0.1) is 10.9 Å². The predicted molar refractivity (Wildman–Crippen MR) is 74.1 cm³/mol. The van der Waals surface area contributed by atoms with Gasteiger partial charge in [0.1, 0.15) is 0 Å². The molecule has 1 aliphatic rings. The maximum Gasteiger partial charge on any atom is 0.238 e. The van der Waals surface area contributed by atoms with Crippen molar-refractivity contribution in [2.75, 3.05) is 17.4 Å². The first kappa shape index (κ1) is 13.4. The molecule has 18 heavy (non-hydrogen) atoms. The highest BCUT2D eigenvalue weighted by Crippen LogP contribution is 2.33. The molecular formula is C13H20N2O2S. The van der Waals surface area contributed by atoms with E-state index >= 15 is 0 Å². The third kappa shape index (κ3) is 2.84. The number of nitrogens with zero attached hydrogens (tertiary/aromatic N) is 1. The van der Waals surface area contributed by atoms with E-state index in [2.05, 4.69) is 0 Å². The molecule has 0 unspecified atom stereocenters. The summed E-state index contributed by atoms with van der Waals surface area (Å²) in [7, 11) is -3.19. The molecule has 1 aromatic carbocycles. The maximum atomic E-state index is 12.4. The van der Waals surface area contributed by atoms with Gasteiger partial charge in [-0.3, -0.25) is 4.31 Å². The van der Waals surface area contributed by atoms with E-state index in [1.54, 1.807) is 0 Å². The van der Waals surface area contributed by atoms with Crippen LogP contribution in [0.4, 0.5) is 5.69 Å². The number of sulfonamides is 1. The summed E-state index contributed by atoms with van der Waals surface area (Å²) in [6, 6.07) is 7.61. The van der Waals surface area contributed by atoms with Gasteiger partial charge in [0.25, 0.3) is 0 Å². The van der Waals surface area contributed by atoms with Crippen molar-refractivity contribution in [3.63, 3.8) is 0 Å². The zero-order valence-corrected chi connectivity index (χ0v) is 11.5. The smallest absolute Gasteiger partial charge is 0.238 e. The second kappa shape index (κ2) is 5.28. The molecule has 0 aromatic heterocycles. The van der Waals surface area contributed by atoms with Gasteiger partial charge < -0.3 is 5.73 Å². The number of hydrogen-bond acceptors (Lipinski definition) is 3. The highest BCUT2D eigenvalue weighted by Gasteiger charge is 2.40. The van der Waals surface area contributed by atoms with Crippen molar-refractivity contribution < 1.29 is 8.42 Å². The number of anilines is 1. The van der Waals surface area contributed by atoms with E-state index in [9.17, 15) is 8.42 Å². The lowest BCUT2D eigenvalue weighted by Gasteiger charge is -2.24. The Labute approximate surface area is 109 Å². The molecule has 0 aliphatic heterocycles. The van der Waals surface area contributed by atoms with Crippen molar-refractivity contribution >= 4 is 15.7 Å². The number of aryl methyl sites for hydroxylation is 1. The largest absolute Gasteiger partial charge is 0.330 e. The Bertz CT molecular complexity index is 492. The highest BCUT2D eigenvalue weighted by molar-refractivity contribution is 7.93. The SMILES string of the molecule is Cc1ccc(N(CCCN)S(=O)(=O)C2CC2)cc1. The minimum absolute atomic E-state index is 0.184. The van der Waals surface area contributed by atoms with Crippen LogP contribution in [0.5, 0.6) is 0 Å². The topological polar surface area (TPSA) is 63.4 Å². The molecule has 0 heterocycles. The quantitative estimate of drug-likeness (QED) is 0.853. The van der Waals surface area contributed by atoms with E-state index in [-0.39, 0.29) is 5.25 Å². The molecule has 0 atom stereocenters. The first-order chi connectivity index (χ1) is 8.55. The molecule has 1 aromatic rings. The average molecular weight is 268 g/mol. The van der Waals surface area contributed by atoms with Crippen LogP contribution in [0.15, 0.2) is 24.3 Å². The molecule has 2 rings (SSSR count). The standard InChI is InChI=1S/C13H20N2O2S/c1-11-3-5-12(6-4-11)15(10-2-9-14)18(16,17)13-7-8-13/h3-6,13H,2,7-10,14H2,1H3. The molecule has 0 spiro atoms. The van der Waals surface area contributed by atoms with Crippen molar-refractivity contribution in [1.29, 1.82) is 0 Å². The Morgan fingerprint density at radius 1 is 1.28 bits per heavy atom. The first-order valence-corrected chi connectivity index (χ1v) is 7.84. The zero-order valence-electron chi connectivity index (χ0n) is 10.7. The van der Waals surface area contributed by atoms with Crippen LogP contribution in [0.3, 0.4) is 0 Å². The molecular weight excluding hydrogens is 248 g/mol. The summed E-state index contributed by atoms with van der Waals surface area (Å²) in [5.41, 5.74) is 7.37. The van der Waals surface area contributed by atoms with Gasteiger partial charge in [0, 0.05) is 6.54 Å². The fourth-order valence-electron chi connectivity index (χ4n) is 1.90. The molecule has 1 aliphatic carbocycles. The van der Waals surface area contributed by atoms with Crippen molar-refractivity contribution in [2.45, 2.75) is 31.4 Å². The van der Waals surface area contributed by atoms with E-state index < -0.39 is 10.0 Å². The van der Waals surface area contributed by atoms with E-state index in [1.165, 1.54) is 4.31 Å². The summed E-state index contributed by atoms with van der Waals surface area (Å²) < 4.78 is 26.3. The van der Waals surface area contributed by atoms with Gasteiger partial charge >= 0.3 is 0 Å². The average Bonchev–Trinajstić information content (AvgIpc) is 3.16. The molecule has 0 radical (unpaired) electrons. The number of benzene rings is 1. The lowest BCUT2D eigenvalue weighted by Crippen LogP contribution is -2.35. The number of rotatable bonds is 6. The van der Waals surface area contributed by atoms with Crippen LogP contribution >= 0.6 is 0 Å². The molecule has 1 saturated carbocycles. The summed E-state index contributed by atoms with van der Waals surface area (Å²) in [4.78, 5) is 0. The maximum absolute atomic E-state index is 12.4. The lowest BCUT2D eigenvalue weighted by atomic mass is 10.2. The summed E-state index contributed by atoms with van der Waals surface area (Å²) >= 11 is 0. The Morgan fingerprint density at radius 3 is 2.39 bits per heavy atom. The van der Waals surface area contributed by atoms with Crippen LogP contribution in [0, 0.1) is 6.92 Å². The van der Waals surface area contributed by atoms with Gasteiger partial charge in [0.2, 0.25) is 10.0 Å². The van der Waals surface area contributed by atoms with E-state index in [0.717, 1.165) is 24.1 Å². The van der Waals surface area contributed by atoms with Crippen LogP contribution in [0.1, 0.15) is 24.8 Å². The minimum Gasteiger partial charge on any atom is -0.330 e. The van der Waals surface area contributed by atoms with Crippen molar-refractivity contribution in [3.8, 4) is 0 Å². The van der Waals surface area contributed by atoms with Gasteiger partial charge in [-0.25, -0.2) is 8.42 Å². The molecule has 0 bridgehead atoms. The van der Waals surface area contributed by atoms with Gasteiger partial charge in [0.15, 0.2) is 0 Å². The van der Waals surface area contributed by atoms with Gasteiger partial charge in [-0.15, -0.1) is 0 Å². The van der Waals surface area contributed by atoms with Crippen LogP contribution in [0.2, 0.25) is 0 Å². The lowest BCUT2D eigenvalue weighted by molar-refractivity contribution is 0.588. The second-order valence-electron chi connectivity index (χ2n) is 4.79. The minimum atomic E-state index is -3.19. The highest BCUT2D eigenvalue weighted by atomic mass is 32.2. The monoisotopic (exact) mass is 268 g/mol. The predicted octanol–water partition coefficient (Wildman–Crippen LogP) is 1.64. The number of nitrogens with two attached hydrogens (primary N) is 1. The summed E-state index contributed by atoms with van der Waals surface area (Å²) in [6.07, 6.45) is 2.25. The van der Waals surface area contributed by atoms with Crippen molar-refractivity contribution in [1.82, 2.24) is 0 Å². The molecule has 1 fully saturated rings. The van der Waals surface area contributed by atoms with Gasteiger partial charge in [-0.05, 0) is 44.9 Å². The van der Waals surface area contributed by atoms with E-state index in [4.69, 9.17) is 5.73 Å². The Balaban J connectivity index is 2.27. The van der Waals surface area contributed by atoms with Crippen LogP contribution in [0.25, 0.3) is 0 Å². The van der Waals surface area contributed by atoms with E-state index in [1.807, 2.05) is 31.2 Å². The Kier molecular flexibility index (Phi) is 3.92. The molecule has 2 N–H and O–H groups in total. The van der Waals surface area contributed by atoms with Crippen LogP contribution in [-0.4, -0.2) is 26.8 Å². The van der Waals surface area contributed by atoms with Gasteiger partial charge in [-0.2, -0.15) is 0 Å². The van der Waals surface area contributed by atoms with E-state index in [0.29, 0.717) is 19.5 Å².